The van der Waals surface area contributed by atoms with Crippen molar-refractivity contribution in [1.29, 1.82) is 0 Å². The number of anilines is 1. The Bertz CT molecular complexity index is 492. The van der Waals surface area contributed by atoms with Crippen LogP contribution < -0.4 is 4.90 Å². The van der Waals surface area contributed by atoms with E-state index in [-0.39, 0.29) is 12.5 Å². The summed E-state index contributed by atoms with van der Waals surface area (Å²) in [5.74, 6) is -0.186. The fourth-order valence-corrected chi connectivity index (χ4v) is 2.90. The molecule has 0 unspecified atom stereocenters. The zero-order valence-electron chi connectivity index (χ0n) is 9.81. The summed E-state index contributed by atoms with van der Waals surface area (Å²) < 4.78 is 4.87. The SMILES string of the molecule is CCOC(=O)CN1C(=O)CSc2cc(Cl)ccc21. The van der Waals surface area contributed by atoms with E-state index in [0.717, 1.165) is 4.90 Å². The van der Waals surface area contributed by atoms with Gasteiger partial charge in [-0.1, -0.05) is 11.6 Å². The van der Waals surface area contributed by atoms with Crippen LogP contribution in [0.5, 0.6) is 0 Å². The number of hydrogen-bond acceptors (Lipinski definition) is 4. The van der Waals surface area contributed by atoms with Crippen molar-refractivity contribution < 1.29 is 14.3 Å². The molecule has 2 rings (SSSR count). The number of ether oxygens (including phenoxy) is 1. The van der Waals surface area contributed by atoms with Crippen LogP contribution in [0.4, 0.5) is 5.69 Å². The van der Waals surface area contributed by atoms with Crippen molar-refractivity contribution in [3.05, 3.63) is 23.2 Å². The van der Waals surface area contributed by atoms with Crippen LogP contribution in [0.3, 0.4) is 0 Å². The summed E-state index contributed by atoms with van der Waals surface area (Å²) >= 11 is 7.34. The highest BCUT2D eigenvalue weighted by atomic mass is 35.5. The fraction of sp³-hybridized carbons (Fsp3) is 0.333. The van der Waals surface area contributed by atoms with Crippen LogP contribution in [0, 0.1) is 0 Å². The van der Waals surface area contributed by atoms with Crippen LogP contribution in [-0.2, 0) is 14.3 Å². The van der Waals surface area contributed by atoms with Gasteiger partial charge in [0, 0.05) is 9.92 Å². The first-order valence-electron chi connectivity index (χ1n) is 5.50. The minimum Gasteiger partial charge on any atom is -0.465 e. The molecule has 1 heterocycles. The molecule has 1 aromatic rings. The molecule has 0 fully saturated rings. The van der Waals surface area contributed by atoms with Crippen molar-refractivity contribution >= 4 is 40.9 Å². The molecule has 0 saturated heterocycles. The number of fused-ring (bicyclic) bond motifs is 1. The van der Waals surface area contributed by atoms with E-state index in [2.05, 4.69) is 0 Å². The van der Waals surface area contributed by atoms with Gasteiger partial charge in [-0.2, -0.15) is 0 Å². The fourth-order valence-electron chi connectivity index (χ4n) is 1.69. The molecular weight excluding hydrogens is 274 g/mol. The Morgan fingerprint density at radius 1 is 1.56 bits per heavy atom. The molecule has 0 N–H and O–H groups in total. The lowest BCUT2D eigenvalue weighted by atomic mass is 10.2. The van der Waals surface area contributed by atoms with Crippen LogP contribution in [0.25, 0.3) is 0 Å². The molecule has 1 aliphatic heterocycles. The number of carbonyl (C=O) groups is 2. The Kier molecular flexibility index (Phi) is 4.14. The van der Waals surface area contributed by atoms with Crippen molar-refractivity contribution in [2.24, 2.45) is 0 Å². The highest BCUT2D eigenvalue weighted by Crippen LogP contribution is 2.36. The standard InChI is InChI=1S/C12H12ClNO3S/c1-2-17-12(16)6-14-9-4-3-8(13)5-10(9)18-7-11(14)15/h3-5H,2,6-7H2,1H3. The largest absolute Gasteiger partial charge is 0.465 e. The molecule has 96 valence electrons. The van der Waals surface area contributed by atoms with Crippen LogP contribution >= 0.6 is 23.4 Å². The smallest absolute Gasteiger partial charge is 0.326 e. The Morgan fingerprint density at radius 2 is 2.33 bits per heavy atom. The molecule has 1 amide bonds. The van der Waals surface area contributed by atoms with Crippen molar-refractivity contribution in [3.8, 4) is 0 Å². The molecule has 1 aromatic carbocycles. The second kappa shape index (κ2) is 5.63. The van der Waals surface area contributed by atoms with Gasteiger partial charge in [0.05, 0.1) is 18.0 Å². The Hall–Kier alpha value is -1.20. The lowest BCUT2D eigenvalue weighted by Crippen LogP contribution is -2.39. The Labute approximate surface area is 114 Å². The van der Waals surface area contributed by atoms with E-state index < -0.39 is 5.97 Å². The Morgan fingerprint density at radius 3 is 3.06 bits per heavy atom. The van der Waals surface area contributed by atoms with E-state index in [0.29, 0.717) is 23.1 Å². The van der Waals surface area contributed by atoms with E-state index in [1.807, 2.05) is 0 Å². The van der Waals surface area contributed by atoms with Gasteiger partial charge in [-0.15, -0.1) is 11.8 Å². The van der Waals surface area contributed by atoms with Gasteiger partial charge in [0.2, 0.25) is 5.91 Å². The van der Waals surface area contributed by atoms with Crippen molar-refractivity contribution in [2.45, 2.75) is 11.8 Å². The summed E-state index contributed by atoms with van der Waals surface area (Å²) in [6.07, 6.45) is 0. The molecule has 0 bridgehead atoms. The molecule has 0 radical (unpaired) electrons. The minimum atomic E-state index is -0.404. The molecule has 0 spiro atoms. The molecule has 6 heteroatoms. The van der Waals surface area contributed by atoms with E-state index in [1.165, 1.54) is 16.7 Å². The van der Waals surface area contributed by atoms with Crippen LogP contribution in [0.2, 0.25) is 5.02 Å². The number of esters is 1. The minimum absolute atomic E-state index is 0.0537. The second-order valence-corrected chi connectivity index (χ2v) is 5.14. The van der Waals surface area contributed by atoms with Gasteiger partial charge >= 0.3 is 5.97 Å². The molecule has 18 heavy (non-hydrogen) atoms. The van der Waals surface area contributed by atoms with Gasteiger partial charge in [0.25, 0.3) is 0 Å². The van der Waals surface area contributed by atoms with Gasteiger partial charge in [-0.05, 0) is 25.1 Å². The first-order valence-corrected chi connectivity index (χ1v) is 6.86. The van der Waals surface area contributed by atoms with Gasteiger partial charge < -0.3 is 4.74 Å². The Balaban J connectivity index is 2.25. The van der Waals surface area contributed by atoms with E-state index in [1.54, 1.807) is 25.1 Å². The summed E-state index contributed by atoms with van der Waals surface area (Å²) in [5, 5.41) is 0.617. The molecule has 0 aromatic heterocycles. The van der Waals surface area contributed by atoms with Gasteiger partial charge in [-0.3, -0.25) is 14.5 Å². The molecule has 1 aliphatic rings. The first kappa shape index (κ1) is 13.2. The number of thioether (sulfide) groups is 1. The maximum absolute atomic E-state index is 11.8. The highest BCUT2D eigenvalue weighted by Gasteiger charge is 2.26. The highest BCUT2D eigenvalue weighted by molar-refractivity contribution is 8.00. The predicted octanol–water partition coefficient (Wildman–Crippen LogP) is 2.34. The normalized spacial score (nSPS) is 14.3. The third-order valence-electron chi connectivity index (χ3n) is 2.46. The third-order valence-corrected chi connectivity index (χ3v) is 3.72. The third kappa shape index (κ3) is 2.79. The predicted molar refractivity (Wildman–Crippen MR) is 71.2 cm³/mol. The van der Waals surface area contributed by atoms with E-state index in [4.69, 9.17) is 16.3 Å². The molecule has 0 saturated carbocycles. The van der Waals surface area contributed by atoms with E-state index >= 15 is 0 Å². The summed E-state index contributed by atoms with van der Waals surface area (Å²) in [6.45, 7) is 1.99. The maximum atomic E-state index is 11.8. The summed E-state index contributed by atoms with van der Waals surface area (Å²) in [7, 11) is 0. The average Bonchev–Trinajstić information content (AvgIpc) is 2.33. The molecule has 0 aliphatic carbocycles. The quantitative estimate of drug-likeness (QED) is 0.800. The summed E-state index contributed by atoms with van der Waals surface area (Å²) in [4.78, 5) is 25.7. The second-order valence-electron chi connectivity index (χ2n) is 3.69. The number of amides is 1. The number of nitrogens with zero attached hydrogens (tertiary/aromatic N) is 1. The maximum Gasteiger partial charge on any atom is 0.326 e. The lowest BCUT2D eigenvalue weighted by Gasteiger charge is -2.28. The van der Waals surface area contributed by atoms with Crippen molar-refractivity contribution in [2.75, 3.05) is 23.8 Å². The number of benzene rings is 1. The van der Waals surface area contributed by atoms with Crippen molar-refractivity contribution in [3.63, 3.8) is 0 Å². The van der Waals surface area contributed by atoms with E-state index in [9.17, 15) is 9.59 Å². The number of hydrogen-bond donors (Lipinski definition) is 0. The van der Waals surface area contributed by atoms with Crippen LogP contribution in [0.1, 0.15) is 6.92 Å². The monoisotopic (exact) mass is 285 g/mol. The average molecular weight is 286 g/mol. The molecular formula is C12H12ClNO3S. The lowest BCUT2D eigenvalue weighted by molar-refractivity contribution is -0.142. The number of carbonyl (C=O) groups excluding carboxylic acids is 2. The van der Waals surface area contributed by atoms with Gasteiger partial charge in [0.15, 0.2) is 0 Å². The first-order chi connectivity index (χ1) is 8.61. The zero-order valence-corrected chi connectivity index (χ0v) is 11.4. The van der Waals surface area contributed by atoms with Crippen LogP contribution in [-0.4, -0.2) is 30.8 Å². The molecule has 4 nitrogen and oxygen atoms in total. The topological polar surface area (TPSA) is 46.6 Å². The number of rotatable bonds is 3. The van der Waals surface area contributed by atoms with Gasteiger partial charge in [0.1, 0.15) is 6.54 Å². The van der Waals surface area contributed by atoms with Crippen LogP contribution in [0.15, 0.2) is 23.1 Å². The zero-order chi connectivity index (χ0) is 13.1. The summed E-state index contributed by atoms with van der Waals surface area (Å²) in [6, 6.07) is 5.25. The molecule has 0 atom stereocenters. The summed E-state index contributed by atoms with van der Waals surface area (Å²) in [5.41, 5.74) is 0.716. The van der Waals surface area contributed by atoms with Gasteiger partial charge in [-0.25, -0.2) is 0 Å². The number of halogens is 1. The van der Waals surface area contributed by atoms with Crippen molar-refractivity contribution in [1.82, 2.24) is 0 Å².